The Morgan fingerprint density at radius 1 is 1.12 bits per heavy atom. The summed E-state index contributed by atoms with van der Waals surface area (Å²) < 4.78 is 5.74. The zero-order chi connectivity index (χ0) is 11.4. The van der Waals surface area contributed by atoms with Gasteiger partial charge in [0.15, 0.2) is 0 Å². The van der Waals surface area contributed by atoms with E-state index in [1.807, 2.05) is 0 Å². The zero-order valence-corrected chi connectivity index (χ0v) is 9.97. The van der Waals surface area contributed by atoms with Crippen molar-refractivity contribution >= 4 is 0 Å². The van der Waals surface area contributed by atoms with Gasteiger partial charge in [-0.25, -0.2) is 9.97 Å². The molecule has 0 aromatic carbocycles. The molecule has 1 fully saturated rings. The molecule has 0 saturated heterocycles. The second-order valence-electron chi connectivity index (χ2n) is 4.54. The van der Waals surface area contributed by atoms with Crippen LogP contribution >= 0.6 is 0 Å². The summed E-state index contributed by atoms with van der Waals surface area (Å²) in [6, 6.07) is 3.02. The van der Waals surface area contributed by atoms with E-state index in [4.69, 9.17) is 4.74 Å². The van der Waals surface area contributed by atoms with Gasteiger partial charge < -0.3 is 9.64 Å². The van der Waals surface area contributed by atoms with Crippen LogP contribution < -0.4 is 4.74 Å². The average Bonchev–Trinajstić information content (AvgIpc) is 2.31. The minimum atomic E-state index is 0.290. The lowest BCUT2D eigenvalue weighted by molar-refractivity contribution is 0.103. The van der Waals surface area contributed by atoms with Crippen LogP contribution in [0, 0.1) is 0 Å². The van der Waals surface area contributed by atoms with Crippen LogP contribution in [-0.2, 0) is 0 Å². The molecule has 0 amide bonds. The van der Waals surface area contributed by atoms with Gasteiger partial charge in [0.25, 0.3) is 0 Å². The van der Waals surface area contributed by atoms with E-state index in [0.717, 1.165) is 12.8 Å². The number of ether oxygens (including phenoxy) is 1. The first-order chi connectivity index (χ1) is 7.75. The molecule has 1 aromatic rings. The normalized spacial score (nSPS) is 25.7. The standard InChI is InChI=1S/C12H19N3O/c1-15(2)10-4-6-11(7-5-10)16-12-13-8-3-9-14-12/h3,8-11H,4-7H2,1-2H3. The molecule has 88 valence electrons. The molecule has 1 heterocycles. The van der Waals surface area contributed by atoms with E-state index in [1.165, 1.54) is 12.8 Å². The third kappa shape index (κ3) is 2.92. The van der Waals surface area contributed by atoms with E-state index in [1.54, 1.807) is 18.5 Å². The molecule has 2 rings (SSSR count). The molecule has 1 aliphatic rings. The van der Waals surface area contributed by atoms with Crippen molar-refractivity contribution < 1.29 is 4.74 Å². The molecule has 4 nitrogen and oxygen atoms in total. The fourth-order valence-electron chi connectivity index (χ4n) is 2.17. The van der Waals surface area contributed by atoms with Gasteiger partial charge in [0, 0.05) is 18.4 Å². The Morgan fingerprint density at radius 2 is 1.75 bits per heavy atom. The average molecular weight is 221 g/mol. The van der Waals surface area contributed by atoms with Crippen LogP contribution in [0.4, 0.5) is 0 Å². The summed E-state index contributed by atoms with van der Waals surface area (Å²) >= 11 is 0. The second kappa shape index (κ2) is 5.25. The lowest BCUT2D eigenvalue weighted by atomic mass is 9.92. The smallest absolute Gasteiger partial charge is 0.316 e. The Labute approximate surface area is 96.7 Å². The Hall–Kier alpha value is -1.16. The monoisotopic (exact) mass is 221 g/mol. The van der Waals surface area contributed by atoms with Gasteiger partial charge in [-0.3, -0.25) is 0 Å². The van der Waals surface area contributed by atoms with Crippen LogP contribution in [0.3, 0.4) is 0 Å². The highest BCUT2D eigenvalue weighted by Crippen LogP contribution is 2.24. The predicted molar refractivity (Wildman–Crippen MR) is 62.4 cm³/mol. The van der Waals surface area contributed by atoms with E-state index in [2.05, 4.69) is 29.0 Å². The minimum Gasteiger partial charge on any atom is -0.460 e. The van der Waals surface area contributed by atoms with Crippen LogP contribution in [0.15, 0.2) is 18.5 Å². The maximum absolute atomic E-state index is 5.74. The summed E-state index contributed by atoms with van der Waals surface area (Å²) in [5.74, 6) is 0. The van der Waals surface area contributed by atoms with E-state index >= 15 is 0 Å². The summed E-state index contributed by atoms with van der Waals surface area (Å²) in [6.07, 6.45) is 8.32. The van der Waals surface area contributed by atoms with Crippen molar-refractivity contribution in [1.82, 2.24) is 14.9 Å². The molecule has 1 aromatic heterocycles. The van der Waals surface area contributed by atoms with Crippen molar-refractivity contribution in [2.75, 3.05) is 14.1 Å². The third-order valence-electron chi connectivity index (χ3n) is 3.19. The summed E-state index contributed by atoms with van der Waals surface area (Å²) in [6.45, 7) is 0. The minimum absolute atomic E-state index is 0.290. The number of aromatic nitrogens is 2. The van der Waals surface area contributed by atoms with Crippen LogP contribution in [0.5, 0.6) is 6.01 Å². The molecule has 0 bridgehead atoms. The highest BCUT2D eigenvalue weighted by atomic mass is 16.5. The Morgan fingerprint density at radius 3 is 2.31 bits per heavy atom. The molecular weight excluding hydrogens is 202 g/mol. The van der Waals surface area contributed by atoms with E-state index < -0.39 is 0 Å². The molecule has 0 aliphatic heterocycles. The number of rotatable bonds is 3. The topological polar surface area (TPSA) is 38.2 Å². The Bertz CT molecular complexity index is 307. The first-order valence-electron chi connectivity index (χ1n) is 5.86. The molecule has 0 N–H and O–H groups in total. The Balaban J connectivity index is 1.82. The number of nitrogens with zero attached hydrogens (tertiary/aromatic N) is 3. The molecule has 0 unspecified atom stereocenters. The van der Waals surface area contributed by atoms with Crippen molar-refractivity contribution in [1.29, 1.82) is 0 Å². The van der Waals surface area contributed by atoms with Gasteiger partial charge in [0.1, 0.15) is 6.10 Å². The van der Waals surface area contributed by atoms with Gasteiger partial charge in [0.05, 0.1) is 0 Å². The van der Waals surface area contributed by atoms with Gasteiger partial charge in [-0.1, -0.05) is 0 Å². The van der Waals surface area contributed by atoms with Crippen LogP contribution in [0.1, 0.15) is 25.7 Å². The quantitative estimate of drug-likeness (QED) is 0.779. The molecule has 1 aliphatic carbocycles. The number of hydrogen-bond donors (Lipinski definition) is 0. The lowest BCUT2D eigenvalue weighted by Gasteiger charge is -2.32. The van der Waals surface area contributed by atoms with Crippen LogP contribution in [0.2, 0.25) is 0 Å². The summed E-state index contributed by atoms with van der Waals surface area (Å²) in [5, 5.41) is 0. The van der Waals surface area contributed by atoms with Crippen molar-refractivity contribution in [2.45, 2.75) is 37.8 Å². The predicted octanol–water partition coefficient (Wildman–Crippen LogP) is 1.73. The maximum atomic E-state index is 5.74. The van der Waals surface area contributed by atoms with Crippen molar-refractivity contribution in [2.24, 2.45) is 0 Å². The molecule has 4 heteroatoms. The second-order valence-corrected chi connectivity index (χ2v) is 4.54. The van der Waals surface area contributed by atoms with E-state index in [-0.39, 0.29) is 0 Å². The zero-order valence-electron chi connectivity index (χ0n) is 9.97. The Kier molecular flexibility index (Phi) is 3.72. The molecule has 0 radical (unpaired) electrons. The van der Waals surface area contributed by atoms with Gasteiger partial charge in [-0.2, -0.15) is 0 Å². The van der Waals surface area contributed by atoms with E-state index in [9.17, 15) is 0 Å². The fourth-order valence-corrected chi connectivity index (χ4v) is 2.17. The summed E-state index contributed by atoms with van der Waals surface area (Å²) in [4.78, 5) is 10.5. The van der Waals surface area contributed by atoms with Gasteiger partial charge in [0.2, 0.25) is 0 Å². The summed E-state index contributed by atoms with van der Waals surface area (Å²) in [7, 11) is 4.29. The van der Waals surface area contributed by atoms with Crippen LogP contribution in [0.25, 0.3) is 0 Å². The molecule has 0 spiro atoms. The van der Waals surface area contributed by atoms with Crippen molar-refractivity contribution in [3.05, 3.63) is 18.5 Å². The fraction of sp³-hybridized carbons (Fsp3) is 0.667. The molecule has 1 saturated carbocycles. The van der Waals surface area contributed by atoms with Gasteiger partial charge in [-0.15, -0.1) is 0 Å². The molecule has 16 heavy (non-hydrogen) atoms. The van der Waals surface area contributed by atoms with Gasteiger partial charge >= 0.3 is 6.01 Å². The van der Waals surface area contributed by atoms with Crippen molar-refractivity contribution in [3.63, 3.8) is 0 Å². The maximum Gasteiger partial charge on any atom is 0.316 e. The lowest BCUT2D eigenvalue weighted by Crippen LogP contribution is -2.35. The van der Waals surface area contributed by atoms with Crippen molar-refractivity contribution in [3.8, 4) is 6.01 Å². The van der Waals surface area contributed by atoms with Crippen LogP contribution in [-0.4, -0.2) is 41.1 Å². The SMILES string of the molecule is CN(C)C1CCC(Oc2ncccn2)CC1. The first kappa shape index (κ1) is 11.3. The summed E-state index contributed by atoms with van der Waals surface area (Å²) in [5.41, 5.74) is 0. The van der Waals surface area contributed by atoms with Gasteiger partial charge in [-0.05, 0) is 45.8 Å². The number of hydrogen-bond acceptors (Lipinski definition) is 4. The van der Waals surface area contributed by atoms with E-state index in [0.29, 0.717) is 18.2 Å². The highest BCUT2D eigenvalue weighted by molar-refractivity contribution is 4.95. The first-order valence-corrected chi connectivity index (χ1v) is 5.86. The highest BCUT2D eigenvalue weighted by Gasteiger charge is 2.23. The largest absolute Gasteiger partial charge is 0.460 e. The third-order valence-corrected chi connectivity index (χ3v) is 3.19. The molecular formula is C12H19N3O. The molecule has 0 atom stereocenters.